The summed E-state index contributed by atoms with van der Waals surface area (Å²) in [4.78, 5) is 26.4. The van der Waals surface area contributed by atoms with Gasteiger partial charge in [-0.2, -0.15) is 0 Å². The maximum absolute atomic E-state index is 12.9. The van der Waals surface area contributed by atoms with Gasteiger partial charge in [-0.15, -0.1) is 0 Å². The Kier molecular flexibility index (Phi) is 6.12. The van der Waals surface area contributed by atoms with Crippen LogP contribution in [0.1, 0.15) is 12.0 Å². The summed E-state index contributed by atoms with van der Waals surface area (Å²) >= 11 is 0. The van der Waals surface area contributed by atoms with Gasteiger partial charge < -0.3 is 9.64 Å². The van der Waals surface area contributed by atoms with Crippen LogP contribution in [0.4, 0.5) is 15.8 Å². The zero-order valence-corrected chi connectivity index (χ0v) is 16.8. The van der Waals surface area contributed by atoms with E-state index in [4.69, 9.17) is 4.74 Å². The van der Waals surface area contributed by atoms with E-state index < -0.39 is 5.92 Å². The third-order valence-electron chi connectivity index (χ3n) is 5.07. The average Bonchev–Trinajstić information content (AvgIpc) is 3.20. The molecule has 4 rings (SSSR count). The van der Waals surface area contributed by atoms with Crippen molar-refractivity contribution in [3.05, 3.63) is 90.2 Å². The van der Waals surface area contributed by atoms with Gasteiger partial charge >= 0.3 is 0 Å². The SMILES string of the molecule is O=C(NNc1ccc(OCc2ccc(F)cc2)cc1)[C@H]1CC(=O)N(c2ccccc2)C1. The topological polar surface area (TPSA) is 70.7 Å². The zero-order chi connectivity index (χ0) is 21.6. The molecule has 158 valence electrons. The molecule has 1 aliphatic heterocycles. The van der Waals surface area contributed by atoms with Crippen LogP contribution in [0.15, 0.2) is 78.9 Å². The highest BCUT2D eigenvalue weighted by Crippen LogP contribution is 2.25. The number of para-hydroxylation sites is 1. The van der Waals surface area contributed by atoms with Gasteiger partial charge in [0, 0.05) is 18.7 Å². The molecule has 0 spiro atoms. The number of carbonyl (C=O) groups excluding carboxylic acids is 2. The molecule has 0 saturated carbocycles. The zero-order valence-electron chi connectivity index (χ0n) is 16.8. The van der Waals surface area contributed by atoms with Crippen LogP contribution in [0, 0.1) is 11.7 Å². The Balaban J connectivity index is 1.26. The van der Waals surface area contributed by atoms with Crippen LogP contribution >= 0.6 is 0 Å². The molecule has 2 amide bonds. The number of rotatable bonds is 7. The van der Waals surface area contributed by atoms with E-state index in [1.165, 1.54) is 12.1 Å². The molecule has 2 N–H and O–H groups in total. The summed E-state index contributed by atoms with van der Waals surface area (Å²) in [5, 5.41) is 0. The number of hydrogen-bond acceptors (Lipinski definition) is 4. The number of benzene rings is 3. The maximum Gasteiger partial charge on any atom is 0.243 e. The minimum Gasteiger partial charge on any atom is -0.489 e. The Hall–Kier alpha value is -3.87. The summed E-state index contributed by atoms with van der Waals surface area (Å²) in [6.45, 7) is 0.684. The van der Waals surface area contributed by atoms with E-state index in [0.29, 0.717) is 24.6 Å². The first-order valence-corrected chi connectivity index (χ1v) is 9.97. The lowest BCUT2D eigenvalue weighted by Gasteiger charge is -2.17. The molecule has 6 nitrogen and oxygen atoms in total. The summed E-state index contributed by atoms with van der Waals surface area (Å²) < 4.78 is 18.6. The van der Waals surface area contributed by atoms with Crippen molar-refractivity contribution in [2.24, 2.45) is 5.92 Å². The number of hydrazine groups is 1. The highest BCUT2D eigenvalue weighted by molar-refractivity contribution is 6.00. The molecule has 0 aromatic heterocycles. The molecule has 1 fully saturated rings. The molecule has 0 unspecified atom stereocenters. The van der Waals surface area contributed by atoms with Crippen LogP contribution in [0.25, 0.3) is 0 Å². The van der Waals surface area contributed by atoms with E-state index in [2.05, 4.69) is 10.9 Å². The summed E-state index contributed by atoms with van der Waals surface area (Å²) in [6, 6.07) is 22.6. The lowest BCUT2D eigenvalue weighted by molar-refractivity contribution is -0.125. The lowest BCUT2D eigenvalue weighted by atomic mass is 10.1. The van der Waals surface area contributed by atoms with Gasteiger partial charge in [0.25, 0.3) is 0 Å². The number of anilines is 2. The smallest absolute Gasteiger partial charge is 0.243 e. The Morgan fingerprint density at radius 1 is 1.00 bits per heavy atom. The molecule has 0 aliphatic carbocycles. The maximum atomic E-state index is 12.9. The third kappa shape index (κ3) is 5.19. The molecular weight excluding hydrogens is 397 g/mol. The van der Waals surface area contributed by atoms with Crippen LogP contribution in [-0.4, -0.2) is 18.4 Å². The quantitative estimate of drug-likeness (QED) is 0.570. The molecule has 0 bridgehead atoms. The van der Waals surface area contributed by atoms with Crippen molar-refractivity contribution in [2.75, 3.05) is 16.9 Å². The number of nitrogens with one attached hydrogen (secondary N) is 2. The lowest BCUT2D eigenvalue weighted by Crippen LogP contribution is -2.36. The number of halogens is 1. The van der Waals surface area contributed by atoms with Crippen LogP contribution in [0.5, 0.6) is 5.75 Å². The fourth-order valence-electron chi connectivity index (χ4n) is 3.36. The van der Waals surface area contributed by atoms with Crippen molar-refractivity contribution in [3.8, 4) is 5.75 Å². The highest BCUT2D eigenvalue weighted by atomic mass is 19.1. The van der Waals surface area contributed by atoms with Crippen molar-refractivity contribution in [3.63, 3.8) is 0 Å². The minimum absolute atomic E-state index is 0.0611. The van der Waals surface area contributed by atoms with Gasteiger partial charge in [0.1, 0.15) is 18.2 Å². The summed E-state index contributed by atoms with van der Waals surface area (Å²) in [6.07, 6.45) is 0.179. The summed E-state index contributed by atoms with van der Waals surface area (Å²) in [5.41, 5.74) is 7.90. The molecule has 3 aromatic rings. The standard InChI is InChI=1S/C24H22FN3O3/c25-19-8-6-17(7-9-19)16-31-22-12-10-20(11-13-22)26-27-24(30)18-14-23(29)28(15-18)21-4-2-1-3-5-21/h1-13,18,26H,14-16H2,(H,27,30)/t18-/m0/s1. The fourth-order valence-corrected chi connectivity index (χ4v) is 3.36. The van der Waals surface area contributed by atoms with Gasteiger partial charge in [0.2, 0.25) is 11.8 Å². The van der Waals surface area contributed by atoms with Crippen molar-refractivity contribution >= 4 is 23.2 Å². The molecule has 0 radical (unpaired) electrons. The highest BCUT2D eigenvalue weighted by Gasteiger charge is 2.35. The largest absolute Gasteiger partial charge is 0.489 e. The molecule has 1 aliphatic rings. The van der Waals surface area contributed by atoms with Crippen LogP contribution in [-0.2, 0) is 16.2 Å². The molecule has 1 atom stereocenters. The van der Waals surface area contributed by atoms with Crippen molar-refractivity contribution < 1.29 is 18.7 Å². The van der Waals surface area contributed by atoms with E-state index in [9.17, 15) is 14.0 Å². The second-order valence-corrected chi connectivity index (χ2v) is 7.29. The predicted octanol–water partition coefficient (Wildman–Crippen LogP) is 3.90. The minimum atomic E-state index is -0.418. The van der Waals surface area contributed by atoms with Crippen molar-refractivity contribution in [1.29, 1.82) is 0 Å². The predicted molar refractivity (Wildman–Crippen MR) is 116 cm³/mol. The average molecular weight is 419 g/mol. The number of ether oxygens (including phenoxy) is 1. The molecule has 1 saturated heterocycles. The number of amides is 2. The van der Waals surface area contributed by atoms with Gasteiger partial charge in [-0.05, 0) is 54.1 Å². The van der Waals surface area contributed by atoms with Gasteiger partial charge in [-0.25, -0.2) is 4.39 Å². The van der Waals surface area contributed by atoms with Crippen molar-refractivity contribution in [1.82, 2.24) is 5.43 Å². The second-order valence-electron chi connectivity index (χ2n) is 7.29. The van der Waals surface area contributed by atoms with E-state index >= 15 is 0 Å². The van der Waals surface area contributed by atoms with Crippen LogP contribution < -0.4 is 20.5 Å². The molecular formula is C24H22FN3O3. The number of nitrogens with zero attached hydrogens (tertiary/aromatic N) is 1. The fraction of sp³-hybridized carbons (Fsp3) is 0.167. The normalized spacial score (nSPS) is 15.6. The monoisotopic (exact) mass is 419 g/mol. The van der Waals surface area contributed by atoms with Gasteiger partial charge in [0.15, 0.2) is 0 Å². The van der Waals surface area contributed by atoms with Crippen molar-refractivity contribution in [2.45, 2.75) is 13.0 Å². The van der Waals surface area contributed by atoms with Gasteiger partial charge in [-0.3, -0.25) is 20.4 Å². The Morgan fingerprint density at radius 2 is 1.71 bits per heavy atom. The molecule has 7 heteroatoms. The van der Waals surface area contributed by atoms with Crippen LogP contribution in [0.3, 0.4) is 0 Å². The molecule has 1 heterocycles. The van der Waals surface area contributed by atoms with E-state index in [1.54, 1.807) is 41.3 Å². The van der Waals surface area contributed by atoms with E-state index in [-0.39, 0.29) is 24.1 Å². The summed E-state index contributed by atoms with van der Waals surface area (Å²) in [7, 11) is 0. The second kappa shape index (κ2) is 9.30. The van der Waals surface area contributed by atoms with Gasteiger partial charge in [-0.1, -0.05) is 30.3 Å². The summed E-state index contributed by atoms with van der Waals surface area (Å²) in [5.74, 6) is -0.340. The number of carbonyl (C=O) groups is 2. The molecule has 31 heavy (non-hydrogen) atoms. The van der Waals surface area contributed by atoms with Crippen LogP contribution in [0.2, 0.25) is 0 Å². The third-order valence-corrected chi connectivity index (χ3v) is 5.07. The molecule has 3 aromatic carbocycles. The van der Waals surface area contributed by atoms with E-state index in [1.807, 2.05) is 30.3 Å². The Morgan fingerprint density at radius 3 is 2.42 bits per heavy atom. The van der Waals surface area contributed by atoms with E-state index in [0.717, 1.165) is 11.3 Å². The first kappa shape index (κ1) is 20.4. The first-order chi connectivity index (χ1) is 15.1. The number of hydrogen-bond donors (Lipinski definition) is 2. The first-order valence-electron chi connectivity index (χ1n) is 9.97. The van der Waals surface area contributed by atoms with Gasteiger partial charge in [0.05, 0.1) is 11.6 Å². The Labute approximate surface area is 179 Å². The Bertz CT molecular complexity index is 1040.